The Kier molecular flexibility index (Phi) is 8.13. The van der Waals surface area contributed by atoms with Gasteiger partial charge in [0.1, 0.15) is 23.4 Å². The molecule has 0 saturated carbocycles. The first-order chi connectivity index (χ1) is 16.7. The molecule has 0 aliphatic carbocycles. The summed E-state index contributed by atoms with van der Waals surface area (Å²) in [5, 5.41) is 11.3. The van der Waals surface area contributed by atoms with Crippen molar-refractivity contribution in [3.05, 3.63) is 65.9 Å². The van der Waals surface area contributed by atoms with E-state index in [4.69, 9.17) is 9.26 Å². The number of amides is 3. The third kappa shape index (κ3) is 6.85. The number of methoxy groups -OCH3 is 1. The van der Waals surface area contributed by atoms with Gasteiger partial charge in [-0.2, -0.15) is 0 Å². The number of carbonyl (C=O) groups is 3. The zero-order chi connectivity index (χ0) is 25.5. The highest BCUT2D eigenvalue weighted by Gasteiger charge is 2.25. The number of carbonyl (C=O) groups excluding carboxylic acids is 3. The fraction of sp³-hybridized carbons (Fsp3) is 0.250. The van der Waals surface area contributed by atoms with Crippen LogP contribution in [-0.2, 0) is 9.53 Å². The molecule has 0 radical (unpaired) electrons. The molecule has 1 aromatic heterocycles. The molecule has 3 aromatic rings. The minimum absolute atomic E-state index is 0.0828. The molecule has 2 aromatic carbocycles. The highest BCUT2D eigenvalue weighted by Crippen LogP contribution is 2.22. The SMILES string of the molecule is COC(=O)C(CC(C)C)NC(=O)c1cc(-c2ccc(NC(=O)Nc3ccc(F)cc3F)cc2)no1. The maximum atomic E-state index is 13.7. The fourth-order valence-electron chi connectivity index (χ4n) is 3.18. The molecule has 1 unspecified atom stereocenters. The number of benzene rings is 2. The third-order valence-electron chi connectivity index (χ3n) is 4.85. The predicted octanol–water partition coefficient (Wildman–Crippen LogP) is 4.58. The molecule has 0 bridgehead atoms. The molecule has 3 rings (SSSR count). The average molecular weight is 486 g/mol. The summed E-state index contributed by atoms with van der Waals surface area (Å²) in [6, 6.07) is 9.09. The Hall–Kier alpha value is -4.28. The summed E-state index contributed by atoms with van der Waals surface area (Å²) < 4.78 is 36.5. The summed E-state index contributed by atoms with van der Waals surface area (Å²) in [6.07, 6.45) is 0.398. The summed E-state index contributed by atoms with van der Waals surface area (Å²) in [5.74, 6) is -2.75. The summed E-state index contributed by atoms with van der Waals surface area (Å²) in [6.45, 7) is 3.83. The molecule has 184 valence electrons. The molecular weight excluding hydrogens is 462 g/mol. The quantitative estimate of drug-likeness (QED) is 0.401. The van der Waals surface area contributed by atoms with Crippen molar-refractivity contribution in [2.24, 2.45) is 5.92 Å². The van der Waals surface area contributed by atoms with E-state index in [9.17, 15) is 23.2 Å². The number of urea groups is 1. The molecule has 3 amide bonds. The Morgan fingerprint density at radius 2 is 1.74 bits per heavy atom. The van der Waals surface area contributed by atoms with Gasteiger partial charge in [0.15, 0.2) is 0 Å². The number of anilines is 2. The minimum Gasteiger partial charge on any atom is -0.467 e. The predicted molar refractivity (Wildman–Crippen MR) is 124 cm³/mol. The van der Waals surface area contributed by atoms with Gasteiger partial charge in [-0.1, -0.05) is 31.1 Å². The van der Waals surface area contributed by atoms with E-state index in [1.165, 1.54) is 13.2 Å². The van der Waals surface area contributed by atoms with Crippen molar-refractivity contribution in [2.75, 3.05) is 17.7 Å². The van der Waals surface area contributed by atoms with Crippen LogP contribution < -0.4 is 16.0 Å². The molecule has 0 aliphatic heterocycles. The lowest BCUT2D eigenvalue weighted by atomic mass is 10.0. The number of nitrogens with one attached hydrogen (secondary N) is 3. The number of hydrogen-bond acceptors (Lipinski definition) is 6. The number of aromatic nitrogens is 1. The van der Waals surface area contributed by atoms with Crippen molar-refractivity contribution >= 4 is 29.3 Å². The molecule has 0 fully saturated rings. The van der Waals surface area contributed by atoms with E-state index >= 15 is 0 Å². The maximum Gasteiger partial charge on any atom is 0.328 e. The van der Waals surface area contributed by atoms with Crippen LogP contribution in [0.5, 0.6) is 0 Å². The molecule has 3 N–H and O–H groups in total. The van der Waals surface area contributed by atoms with E-state index in [1.54, 1.807) is 24.3 Å². The monoisotopic (exact) mass is 486 g/mol. The van der Waals surface area contributed by atoms with Crippen LogP contribution in [0.1, 0.15) is 30.8 Å². The Labute approximate surface area is 199 Å². The smallest absolute Gasteiger partial charge is 0.328 e. The van der Waals surface area contributed by atoms with Crippen LogP contribution in [0, 0.1) is 17.6 Å². The van der Waals surface area contributed by atoms with E-state index in [-0.39, 0.29) is 17.4 Å². The Balaban J connectivity index is 1.62. The zero-order valence-corrected chi connectivity index (χ0v) is 19.2. The second-order valence-electron chi connectivity index (χ2n) is 8.04. The van der Waals surface area contributed by atoms with Gasteiger partial charge < -0.3 is 25.2 Å². The lowest BCUT2D eigenvalue weighted by molar-refractivity contribution is -0.143. The number of nitrogens with zero attached hydrogens (tertiary/aromatic N) is 1. The normalized spacial score (nSPS) is 11.6. The Morgan fingerprint density at radius 3 is 2.37 bits per heavy atom. The first-order valence-corrected chi connectivity index (χ1v) is 10.6. The number of rotatable bonds is 8. The van der Waals surface area contributed by atoms with Gasteiger partial charge in [-0.3, -0.25) is 4.79 Å². The largest absolute Gasteiger partial charge is 0.467 e. The second kappa shape index (κ2) is 11.2. The Morgan fingerprint density at radius 1 is 1.03 bits per heavy atom. The summed E-state index contributed by atoms with van der Waals surface area (Å²) >= 11 is 0. The van der Waals surface area contributed by atoms with E-state index < -0.39 is 35.6 Å². The van der Waals surface area contributed by atoms with Crippen LogP contribution in [0.15, 0.2) is 53.1 Å². The number of ether oxygens (including phenoxy) is 1. The lowest BCUT2D eigenvalue weighted by Gasteiger charge is -2.17. The van der Waals surface area contributed by atoms with Crippen LogP contribution in [0.3, 0.4) is 0 Å². The highest BCUT2D eigenvalue weighted by atomic mass is 19.1. The minimum atomic E-state index is -0.900. The van der Waals surface area contributed by atoms with E-state index in [2.05, 4.69) is 21.1 Å². The van der Waals surface area contributed by atoms with Crippen LogP contribution >= 0.6 is 0 Å². The van der Waals surface area contributed by atoms with Gasteiger partial charge in [0, 0.05) is 23.4 Å². The second-order valence-corrected chi connectivity index (χ2v) is 8.04. The van der Waals surface area contributed by atoms with Crippen LogP contribution in [0.25, 0.3) is 11.3 Å². The topological polar surface area (TPSA) is 123 Å². The van der Waals surface area contributed by atoms with Gasteiger partial charge in [0.05, 0.1) is 12.8 Å². The lowest BCUT2D eigenvalue weighted by Crippen LogP contribution is -2.42. The maximum absolute atomic E-state index is 13.7. The molecule has 0 spiro atoms. The number of hydrogen-bond donors (Lipinski definition) is 3. The highest BCUT2D eigenvalue weighted by molar-refractivity contribution is 6.00. The van der Waals surface area contributed by atoms with Crippen molar-refractivity contribution in [3.63, 3.8) is 0 Å². The van der Waals surface area contributed by atoms with Crippen molar-refractivity contribution < 1.29 is 32.4 Å². The van der Waals surface area contributed by atoms with Crippen LogP contribution in [-0.4, -0.2) is 36.2 Å². The zero-order valence-electron chi connectivity index (χ0n) is 19.2. The summed E-state index contributed by atoms with van der Waals surface area (Å²) in [4.78, 5) is 36.5. The van der Waals surface area contributed by atoms with Crippen LogP contribution in [0.4, 0.5) is 25.0 Å². The van der Waals surface area contributed by atoms with Gasteiger partial charge in [0.2, 0.25) is 5.76 Å². The molecule has 9 nitrogen and oxygen atoms in total. The van der Waals surface area contributed by atoms with Crippen molar-refractivity contribution in [2.45, 2.75) is 26.3 Å². The van der Waals surface area contributed by atoms with Gasteiger partial charge in [-0.05, 0) is 36.6 Å². The van der Waals surface area contributed by atoms with Crippen molar-refractivity contribution in [1.29, 1.82) is 0 Å². The molecule has 1 atom stereocenters. The molecule has 0 saturated heterocycles. The van der Waals surface area contributed by atoms with Gasteiger partial charge in [0.25, 0.3) is 5.91 Å². The van der Waals surface area contributed by atoms with Gasteiger partial charge in [-0.25, -0.2) is 18.4 Å². The third-order valence-corrected chi connectivity index (χ3v) is 4.85. The standard InChI is InChI=1S/C24H24F2N4O5/c1-13(2)10-20(23(32)34-3)28-22(31)21-12-19(30-35-21)14-4-7-16(8-5-14)27-24(33)29-18-9-6-15(25)11-17(18)26/h4-9,11-13,20H,10H2,1-3H3,(H,28,31)(H2,27,29,33). The molecular formula is C24H24F2N4O5. The fourth-order valence-corrected chi connectivity index (χ4v) is 3.18. The van der Waals surface area contributed by atoms with E-state index in [0.717, 1.165) is 12.1 Å². The number of halogens is 2. The van der Waals surface area contributed by atoms with Crippen molar-refractivity contribution in [3.8, 4) is 11.3 Å². The first-order valence-electron chi connectivity index (χ1n) is 10.6. The molecule has 1 heterocycles. The molecule has 35 heavy (non-hydrogen) atoms. The van der Waals surface area contributed by atoms with E-state index in [1.807, 2.05) is 13.8 Å². The van der Waals surface area contributed by atoms with Gasteiger partial charge >= 0.3 is 12.0 Å². The average Bonchev–Trinajstić information content (AvgIpc) is 3.30. The molecule has 0 aliphatic rings. The molecule has 11 heteroatoms. The Bertz CT molecular complexity index is 1210. The summed E-state index contributed by atoms with van der Waals surface area (Å²) in [5.41, 5.74) is 1.18. The van der Waals surface area contributed by atoms with Gasteiger partial charge in [-0.15, -0.1) is 0 Å². The summed E-state index contributed by atoms with van der Waals surface area (Å²) in [7, 11) is 1.25. The van der Waals surface area contributed by atoms with Crippen LogP contribution in [0.2, 0.25) is 0 Å². The van der Waals surface area contributed by atoms with E-state index in [0.29, 0.717) is 29.4 Å². The van der Waals surface area contributed by atoms with Crippen molar-refractivity contribution in [1.82, 2.24) is 10.5 Å². The first kappa shape index (κ1) is 25.3. The number of esters is 1.